The Morgan fingerprint density at radius 1 is 1.14 bits per heavy atom. The minimum atomic E-state index is -3.92. The summed E-state index contributed by atoms with van der Waals surface area (Å²) in [5.41, 5.74) is 2.00. The molecular formula is C24H24N4O6S. The number of hydrogen-bond donors (Lipinski definition) is 1. The van der Waals surface area contributed by atoms with Crippen molar-refractivity contribution >= 4 is 21.6 Å². The summed E-state index contributed by atoms with van der Waals surface area (Å²) in [5.74, 6) is -0.317. The second kappa shape index (κ2) is 9.25. The van der Waals surface area contributed by atoms with Crippen LogP contribution in [-0.4, -0.2) is 65.7 Å². The molecule has 3 aromatic rings. The van der Waals surface area contributed by atoms with Crippen LogP contribution in [0.1, 0.15) is 39.7 Å². The van der Waals surface area contributed by atoms with Crippen molar-refractivity contribution in [2.75, 3.05) is 26.3 Å². The number of para-hydroxylation sites is 1. The summed E-state index contributed by atoms with van der Waals surface area (Å²) in [6, 6.07) is 11.0. The van der Waals surface area contributed by atoms with Crippen molar-refractivity contribution in [1.29, 1.82) is 0 Å². The first kappa shape index (κ1) is 23.2. The van der Waals surface area contributed by atoms with E-state index in [9.17, 15) is 18.3 Å². The maximum Gasteiger partial charge on any atom is 0.278 e. The summed E-state index contributed by atoms with van der Waals surface area (Å²) >= 11 is 0. The van der Waals surface area contributed by atoms with E-state index in [4.69, 9.17) is 9.15 Å². The average molecular weight is 497 g/mol. The molecule has 1 amide bonds. The first-order valence-electron chi connectivity index (χ1n) is 11.1. The third kappa shape index (κ3) is 4.33. The molecule has 182 valence electrons. The standard InChI is InChI=1S/C24H24N4O6S/c1-16-19(13-23(34-16)35(31,32)27-9-11-33-12-10-27)24(30)28-21(18-6-2-3-7-22(18)29)14-20(26-28)17-5-4-8-25-15-17/h2-8,13,15,21,29H,9-12,14H2,1H3. The maximum absolute atomic E-state index is 13.7. The van der Waals surface area contributed by atoms with Crippen molar-refractivity contribution in [2.24, 2.45) is 5.10 Å². The lowest BCUT2D eigenvalue weighted by Gasteiger charge is -2.24. The van der Waals surface area contributed by atoms with Crippen molar-refractivity contribution in [1.82, 2.24) is 14.3 Å². The molecule has 11 heteroatoms. The van der Waals surface area contributed by atoms with E-state index in [1.54, 1.807) is 49.6 Å². The summed E-state index contributed by atoms with van der Waals surface area (Å²) in [6.07, 6.45) is 3.66. The lowest BCUT2D eigenvalue weighted by Crippen LogP contribution is -2.40. The Balaban J connectivity index is 1.52. The molecule has 2 aromatic heterocycles. The van der Waals surface area contributed by atoms with E-state index >= 15 is 0 Å². The van der Waals surface area contributed by atoms with E-state index in [2.05, 4.69) is 10.1 Å². The third-order valence-electron chi connectivity index (χ3n) is 6.10. The van der Waals surface area contributed by atoms with Crippen molar-refractivity contribution in [3.8, 4) is 5.75 Å². The lowest BCUT2D eigenvalue weighted by atomic mass is 9.98. The highest BCUT2D eigenvalue weighted by Crippen LogP contribution is 2.38. The normalized spacial score (nSPS) is 19.1. The third-order valence-corrected chi connectivity index (χ3v) is 7.85. The van der Waals surface area contributed by atoms with E-state index in [1.807, 2.05) is 6.07 Å². The van der Waals surface area contributed by atoms with Crippen LogP contribution in [0.2, 0.25) is 0 Å². The van der Waals surface area contributed by atoms with Crippen LogP contribution in [0, 0.1) is 6.92 Å². The number of phenols is 1. The number of furan rings is 1. The molecule has 0 spiro atoms. The van der Waals surface area contributed by atoms with Crippen molar-refractivity contribution in [2.45, 2.75) is 24.5 Å². The van der Waals surface area contributed by atoms with Crippen molar-refractivity contribution in [3.63, 3.8) is 0 Å². The topological polar surface area (TPSA) is 126 Å². The number of amides is 1. The Labute approximate surface area is 202 Å². The summed E-state index contributed by atoms with van der Waals surface area (Å²) < 4.78 is 38.2. The van der Waals surface area contributed by atoms with Gasteiger partial charge in [-0.25, -0.2) is 13.4 Å². The molecule has 0 bridgehead atoms. The van der Waals surface area contributed by atoms with Crippen molar-refractivity contribution < 1.29 is 27.5 Å². The molecule has 0 radical (unpaired) electrons. The van der Waals surface area contributed by atoms with Crippen LogP contribution in [0.4, 0.5) is 0 Å². The van der Waals surface area contributed by atoms with E-state index in [0.717, 1.165) is 5.56 Å². The van der Waals surface area contributed by atoms with Crippen LogP contribution in [0.15, 0.2) is 69.5 Å². The monoisotopic (exact) mass is 496 g/mol. The smallest absolute Gasteiger partial charge is 0.278 e. The summed E-state index contributed by atoms with van der Waals surface area (Å²) in [7, 11) is -3.92. The number of aromatic nitrogens is 1. The number of aryl methyl sites for hydroxylation is 1. The van der Waals surface area contributed by atoms with Gasteiger partial charge in [0, 0.05) is 49.1 Å². The molecule has 1 fully saturated rings. The first-order chi connectivity index (χ1) is 16.9. The molecule has 0 aliphatic carbocycles. The van der Waals surface area contributed by atoms with Gasteiger partial charge in [-0.15, -0.1) is 0 Å². The summed E-state index contributed by atoms with van der Waals surface area (Å²) in [5, 5.41) is 16.0. The lowest BCUT2D eigenvalue weighted by molar-refractivity contribution is 0.0708. The molecular weight excluding hydrogens is 472 g/mol. The number of carbonyl (C=O) groups is 1. The number of morpholine rings is 1. The summed E-state index contributed by atoms with van der Waals surface area (Å²) in [4.78, 5) is 17.8. The Morgan fingerprint density at radius 3 is 2.63 bits per heavy atom. The van der Waals surface area contributed by atoms with Crippen LogP contribution in [0.5, 0.6) is 5.75 Å². The second-order valence-corrected chi connectivity index (χ2v) is 10.1. The molecule has 35 heavy (non-hydrogen) atoms. The number of ether oxygens (including phenoxy) is 1. The number of pyridine rings is 1. The van der Waals surface area contributed by atoms with E-state index in [1.165, 1.54) is 15.4 Å². The quantitative estimate of drug-likeness (QED) is 0.576. The maximum atomic E-state index is 13.7. The van der Waals surface area contributed by atoms with Gasteiger partial charge in [-0.1, -0.05) is 24.3 Å². The number of nitrogens with zero attached hydrogens (tertiary/aromatic N) is 4. The molecule has 2 aliphatic heterocycles. The Hall–Kier alpha value is -3.54. The number of hydrazone groups is 1. The highest BCUT2D eigenvalue weighted by Gasteiger charge is 2.38. The molecule has 5 rings (SSSR count). The molecule has 4 heterocycles. The van der Waals surface area contributed by atoms with Gasteiger partial charge < -0.3 is 14.3 Å². The second-order valence-electron chi connectivity index (χ2n) is 8.27. The number of sulfonamides is 1. The number of benzene rings is 1. The molecule has 1 saturated heterocycles. The molecule has 1 aromatic carbocycles. The Kier molecular flexibility index (Phi) is 6.13. The van der Waals surface area contributed by atoms with Gasteiger partial charge in [0.05, 0.1) is 30.5 Å². The minimum Gasteiger partial charge on any atom is -0.508 e. The average Bonchev–Trinajstić information content (AvgIpc) is 3.50. The van der Waals surface area contributed by atoms with Gasteiger partial charge in [0.1, 0.15) is 11.5 Å². The molecule has 1 N–H and O–H groups in total. The molecule has 1 atom stereocenters. The molecule has 1 unspecified atom stereocenters. The number of aromatic hydroxyl groups is 1. The van der Waals surface area contributed by atoms with Gasteiger partial charge in [0.25, 0.3) is 15.9 Å². The fourth-order valence-electron chi connectivity index (χ4n) is 4.25. The first-order valence-corrected chi connectivity index (χ1v) is 12.6. The zero-order valence-electron chi connectivity index (χ0n) is 19.0. The van der Waals surface area contributed by atoms with Gasteiger partial charge in [-0.05, 0) is 19.1 Å². The Morgan fingerprint density at radius 2 is 1.91 bits per heavy atom. The predicted octanol–water partition coefficient (Wildman–Crippen LogP) is 2.70. The molecule has 10 nitrogen and oxygen atoms in total. The van der Waals surface area contributed by atoms with Gasteiger partial charge in [-0.3, -0.25) is 9.78 Å². The van der Waals surface area contributed by atoms with E-state index in [0.29, 0.717) is 30.9 Å². The predicted molar refractivity (Wildman–Crippen MR) is 125 cm³/mol. The number of phenolic OH excluding ortho intramolecular Hbond substituents is 1. The molecule has 0 saturated carbocycles. The fraction of sp³-hybridized carbons (Fsp3) is 0.292. The van der Waals surface area contributed by atoms with Gasteiger partial charge >= 0.3 is 0 Å². The largest absolute Gasteiger partial charge is 0.508 e. The zero-order chi connectivity index (χ0) is 24.6. The van der Waals surface area contributed by atoms with Gasteiger partial charge in [0.2, 0.25) is 5.09 Å². The highest BCUT2D eigenvalue weighted by molar-refractivity contribution is 7.89. The van der Waals surface area contributed by atoms with Crippen LogP contribution in [0.25, 0.3) is 0 Å². The Bertz CT molecular complexity index is 1380. The van der Waals surface area contributed by atoms with E-state index in [-0.39, 0.29) is 35.3 Å². The van der Waals surface area contributed by atoms with Crippen LogP contribution in [-0.2, 0) is 14.8 Å². The number of hydrogen-bond acceptors (Lipinski definition) is 8. The van der Waals surface area contributed by atoms with Crippen LogP contribution in [0.3, 0.4) is 0 Å². The van der Waals surface area contributed by atoms with Gasteiger partial charge in [0.15, 0.2) is 0 Å². The number of carbonyl (C=O) groups excluding carboxylic acids is 1. The zero-order valence-corrected chi connectivity index (χ0v) is 19.8. The summed E-state index contributed by atoms with van der Waals surface area (Å²) in [6.45, 7) is 2.57. The highest BCUT2D eigenvalue weighted by atomic mass is 32.2. The minimum absolute atomic E-state index is 0.0393. The van der Waals surface area contributed by atoms with Gasteiger partial charge in [-0.2, -0.15) is 9.41 Å². The van der Waals surface area contributed by atoms with Crippen LogP contribution < -0.4 is 0 Å². The van der Waals surface area contributed by atoms with Crippen molar-refractivity contribution in [3.05, 3.63) is 77.3 Å². The fourth-order valence-corrected chi connectivity index (χ4v) is 5.63. The molecule has 2 aliphatic rings. The SMILES string of the molecule is Cc1oc(S(=O)(=O)N2CCOCC2)cc1C(=O)N1N=C(c2cccnc2)CC1c1ccccc1O. The number of rotatable bonds is 5. The van der Waals surface area contributed by atoms with E-state index < -0.39 is 22.0 Å². The van der Waals surface area contributed by atoms with Crippen LogP contribution >= 0.6 is 0 Å².